The molecule has 4 aromatic rings. The van der Waals surface area contributed by atoms with Gasteiger partial charge in [0.25, 0.3) is 10.0 Å². The molecule has 0 spiro atoms. The van der Waals surface area contributed by atoms with E-state index in [1.165, 1.54) is 37.3 Å². The van der Waals surface area contributed by atoms with Crippen LogP contribution in [-0.2, 0) is 32.6 Å². The normalized spacial score (nSPS) is 11.9. The minimum atomic E-state index is -4.32. The van der Waals surface area contributed by atoms with Crippen LogP contribution in [0, 0.1) is 6.92 Å². The molecule has 248 valence electrons. The first-order valence-electron chi connectivity index (χ1n) is 15.1. The van der Waals surface area contributed by atoms with Gasteiger partial charge < -0.3 is 19.7 Å². The van der Waals surface area contributed by atoms with E-state index >= 15 is 0 Å². The molecule has 2 amide bonds. The second-order valence-corrected chi connectivity index (χ2v) is 14.2. The van der Waals surface area contributed by atoms with E-state index in [1.54, 1.807) is 24.3 Å². The fourth-order valence-corrected chi connectivity index (χ4v) is 6.74. The minimum absolute atomic E-state index is 0.00128. The van der Waals surface area contributed by atoms with Crippen molar-refractivity contribution in [2.75, 3.05) is 25.1 Å². The van der Waals surface area contributed by atoms with Crippen LogP contribution in [0.15, 0.2) is 106 Å². The van der Waals surface area contributed by atoms with Crippen LogP contribution in [0.25, 0.3) is 0 Å². The zero-order valence-corrected chi connectivity index (χ0v) is 29.5. The molecular formula is C36H40BrN3O6S. The Morgan fingerprint density at radius 1 is 0.851 bits per heavy atom. The van der Waals surface area contributed by atoms with Gasteiger partial charge >= 0.3 is 0 Å². The van der Waals surface area contributed by atoms with Crippen molar-refractivity contribution >= 4 is 43.5 Å². The van der Waals surface area contributed by atoms with Gasteiger partial charge in [-0.25, -0.2) is 8.42 Å². The molecule has 0 radical (unpaired) electrons. The third kappa shape index (κ3) is 9.14. The number of benzene rings is 4. The van der Waals surface area contributed by atoms with E-state index in [0.717, 1.165) is 25.5 Å². The van der Waals surface area contributed by atoms with Gasteiger partial charge in [0.1, 0.15) is 24.1 Å². The second kappa shape index (κ2) is 16.0. The summed E-state index contributed by atoms with van der Waals surface area (Å²) in [4.78, 5) is 30.0. The van der Waals surface area contributed by atoms with Gasteiger partial charge in [-0.15, -0.1) is 0 Å². The molecule has 0 unspecified atom stereocenters. The molecule has 0 heterocycles. The SMILES string of the molecule is COc1ccc(OC)c(N(CC(=O)N(Cc2ccc(Br)cc2)[C@@H](Cc2ccccc2)C(=O)NC(C)C)S(=O)(=O)c2ccc(C)cc2)c1. The summed E-state index contributed by atoms with van der Waals surface area (Å²) in [6.45, 7) is 5.00. The first-order valence-corrected chi connectivity index (χ1v) is 17.4. The highest BCUT2D eigenvalue weighted by molar-refractivity contribution is 9.10. The molecule has 0 bridgehead atoms. The molecule has 4 rings (SSSR count). The fourth-order valence-electron chi connectivity index (χ4n) is 5.06. The van der Waals surface area contributed by atoms with E-state index in [2.05, 4.69) is 21.2 Å². The molecule has 0 aliphatic carbocycles. The quantitative estimate of drug-likeness (QED) is 0.168. The van der Waals surface area contributed by atoms with Crippen molar-refractivity contribution in [1.82, 2.24) is 10.2 Å². The van der Waals surface area contributed by atoms with Crippen LogP contribution < -0.4 is 19.1 Å². The summed E-state index contributed by atoms with van der Waals surface area (Å²) >= 11 is 3.46. The molecule has 0 saturated heterocycles. The number of hydrogen-bond donors (Lipinski definition) is 1. The number of nitrogens with zero attached hydrogens (tertiary/aromatic N) is 2. The van der Waals surface area contributed by atoms with Crippen molar-refractivity contribution in [3.8, 4) is 11.5 Å². The summed E-state index contributed by atoms with van der Waals surface area (Å²) in [5.74, 6) is -0.316. The molecule has 47 heavy (non-hydrogen) atoms. The lowest BCUT2D eigenvalue weighted by molar-refractivity contribution is -0.140. The summed E-state index contributed by atoms with van der Waals surface area (Å²) in [6, 6.07) is 26.9. The number of sulfonamides is 1. The van der Waals surface area contributed by atoms with Gasteiger partial charge in [-0.05, 0) is 68.3 Å². The van der Waals surface area contributed by atoms with Crippen LogP contribution >= 0.6 is 15.9 Å². The summed E-state index contributed by atoms with van der Waals surface area (Å²) in [6.07, 6.45) is 0.217. The molecule has 9 nitrogen and oxygen atoms in total. The monoisotopic (exact) mass is 721 g/mol. The first kappa shape index (κ1) is 35.5. The van der Waals surface area contributed by atoms with Gasteiger partial charge in [-0.3, -0.25) is 13.9 Å². The van der Waals surface area contributed by atoms with Gasteiger partial charge in [0.2, 0.25) is 11.8 Å². The van der Waals surface area contributed by atoms with Gasteiger partial charge in [-0.2, -0.15) is 0 Å². The van der Waals surface area contributed by atoms with E-state index in [9.17, 15) is 18.0 Å². The Balaban J connectivity index is 1.86. The maximum atomic E-state index is 14.7. The number of hydrogen-bond acceptors (Lipinski definition) is 6. The van der Waals surface area contributed by atoms with Gasteiger partial charge in [0, 0.05) is 29.5 Å². The second-order valence-electron chi connectivity index (χ2n) is 11.4. The van der Waals surface area contributed by atoms with E-state index in [0.29, 0.717) is 5.75 Å². The van der Waals surface area contributed by atoms with Crippen LogP contribution in [0.3, 0.4) is 0 Å². The Bertz CT molecular complexity index is 1770. The number of aryl methyl sites for hydroxylation is 1. The summed E-state index contributed by atoms with van der Waals surface area (Å²) < 4.78 is 41.6. The topological polar surface area (TPSA) is 105 Å². The van der Waals surface area contributed by atoms with Crippen molar-refractivity contribution in [2.45, 2.75) is 50.7 Å². The number of nitrogens with one attached hydrogen (secondary N) is 1. The van der Waals surface area contributed by atoms with Crippen molar-refractivity contribution in [3.05, 3.63) is 118 Å². The van der Waals surface area contributed by atoms with Crippen molar-refractivity contribution in [2.24, 2.45) is 0 Å². The molecule has 1 N–H and O–H groups in total. The van der Waals surface area contributed by atoms with Crippen LogP contribution in [0.5, 0.6) is 11.5 Å². The predicted octanol–water partition coefficient (Wildman–Crippen LogP) is 6.13. The number of halogens is 1. The van der Waals surface area contributed by atoms with Gasteiger partial charge in [0.15, 0.2) is 0 Å². The Labute approximate surface area is 285 Å². The largest absolute Gasteiger partial charge is 0.497 e. The maximum absolute atomic E-state index is 14.7. The summed E-state index contributed by atoms with van der Waals surface area (Å²) in [7, 11) is -1.42. The highest BCUT2D eigenvalue weighted by Crippen LogP contribution is 2.36. The standard InChI is InChI=1S/C36H40BrN3O6S/c1-25(2)38-36(42)33(21-27-9-7-6-8-10-27)39(23-28-13-15-29(37)16-14-28)35(41)24-40(32-22-30(45-4)17-20-34(32)46-5)47(43,44)31-18-11-26(3)12-19-31/h6-20,22,25,33H,21,23-24H2,1-5H3,(H,38,42)/t33-/m0/s1. The summed E-state index contributed by atoms with van der Waals surface area (Å²) in [5.41, 5.74) is 2.62. The van der Waals surface area contributed by atoms with E-state index in [1.807, 2.05) is 75.4 Å². The molecular weight excluding hydrogens is 682 g/mol. The number of carbonyl (C=O) groups excluding carboxylic acids is 2. The third-order valence-corrected chi connectivity index (χ3v) is 9.81. The molecule has 0 aromatic heterocycles. The van der Waals surface area contributed by atoms with Gasteiger partial charge in [0.05, 0.1) is 24.8 Å². The zero-order chi connectivity index (χ0) is 34.1. The molecule has 1 atom stereocenters. The van der Waals surface area contributed by atoms with Crippen LogP contribution in [0.4, 0.5) is 5.69 Å². The zero-order valence-electron chi connectivity index (χ0n) is 27.1. The average Bonchev–Trinajstić information content (AvgIpc) is 3.06. The summed E-state index contributed by atoms with van der Waals surface area (Å²) in [5, 5.41) is 2.96. The van der Waals surface area contributed by atoms with Crippen molar-refractivity contribution in [1.29, 1.82) is 0 Å². The first-order chi connectivity index (χ1) is 22.4. The number of rotatable bonds is 14. The third-order valence-electron chi connectivity index (χ3n) is 7.51. The predicted molar refractivity (Wildman–Crippen MR) is 187 cm³/mol. The van der Waals surface area contributed by atoms with Crippen molar-refractivity contribution in [3.63, 3.8) is 0 Å². The highest BCUT2D eigenvalue weighted by Gasteiger charge is 2.36. The molecule has 4 aromatic carbocycles. The minimum Gasteiger partial charge on any atom is -0.497 e. The van der Waals surface area contributed by atoms with E-state index in [-0.39, 0.29) is 41.2 Å². The molecule has 0 saturated carbocycles. The molecule has 0 aliphatic rings. The number of amides is 2. The molecule has 0 fully saturated rings. The number of ether oxygens (including phenoxy) is 2. The smallest absolute Gasteiger partial charge is 0.264 e. The average molecular weight is 723 g/mol. The number of carbonyl (C=O) groups is 2. The van der Waals surface area contributed by atoms with Crippen LogP contribution in [0.1, 0.15) is 30.5 Å². The van der Waals surface area contributed by atoms with Crippen LogP contribution in [-0.4, -0.2) is 58.0 Å². The number of anilines is 1. The van der Waals surface area contributed by atoms with E-state index in [4.69, 9.17) is 9.47 Å². The maximum Gasteiger partial charge on any atom is 0.264 e. The Morgan fingerprint density at radius 3 is 2.11 bits per heavy atom. The molecule has 11 heteroatoms. The van der Waals surface area contributed by atoms with E-state index < -0.39 is 28.5 Å². The van der Waals surface area contributed by atoms with Crippen molar-refractivity contribution < 1.29 is 27.5 Å². The Morgan fingerprint density at radius 2 is 1.51 bits per heavy atom. The fraction of sp³-hybridized carbons (Fsp3) is 0.278. The lowest BCUT2D eigenvalue weighted by atomic mass is 10.0. The number of methoxy groups -OCH3 is 2. The van der Waals surface area contributed by atoms with Crippen LogP contribution in [0.2, 0.25) is 0 Å². The highest BCUT2D eigenvalue weighted by atomic mass is 79.9. The molecule has 0 aliphatic heterocycles. The Kier molecular flexibility index (Phi) is 12.1. The Hall–Kier alpha value is -4.35. The lowest BCUT2D eigenvalue weighted by Gasteiger charge is -2.34. The lowest BCUT2D eigenvalue weighted by Crippen LogP contribution is -2.54. The van der Waals surface area contributed by atoms with Gasteiger partial charge in [-0.1, -0.05) is 76.1 Å².